The quantitative estimate of drug-likeness (QED) is 0.664. The van der Waals surface area contributed by atoms with Gasteiger partial charge in [-0.3, -0.25) is 10.1 Å². The molecule has 1 saturated heterocycles. The highest BCUT2D eigenvalue weighted by atomic mass is 16.5. The standard InChI is InChI=1S/C20H23N3O2/c1-15-7-5-10-17(13-15)22-20(21-14-18-11-6-12-25-18)23-19(24)16-8-3-2-4-9-16/h2-5,7-10,13,18H,6,11-12,14H2,1H3,(H2,21,22,23,24)/t18-/m1/s1. The second kappa shape index (κ2) is 8.44. The molecule has 1 atom stereocenters. The Bertz CT molecular complexity index is 738. The molecule has 0 aromatic heterocycles. The lowest BCUT2D eigenvalue weighted by Gasteiger charge is -2.13. The Morgan fingerprint density at radius 3 is 2.76 bits per heavy atom. The van der Waals surface area contributed by atoms with Crippen molar-refractivity contribution >= 4 is 17.6 Å². The third-order valence-corrected chi connectivity index (χ3v) is 4.03. The molecule has 0 saturated carbocycles. The van der Waals surface area contributed by atoms with Crippen molar-refractivity contribution in [3.05, 3.63) is 65.7 Å². The first-order chi connectivity index (χ1) is 12.2. The van der Waals surface area contributed by atoms with Crippen LogP contribution < -0.4 is 10.6 Å². The van der Waals surface area contributed by atoms with Crippen molar-refractivity contribution in [3.8, 4) is 0 Å². The third-order valence-electron chi connectivity index (χ3n) is 4.03. The van der Waals surface area contributed by atoms with Crippen LogP contribution >= 0.6 is 0 Å². The van der Waals surface area contributed by atoms with Gasteiger partial charge in [0.05, 0.1) is 12.6 Å². The Hall–Kier alpha value is -2.66. The number of guanidine groups is 1. The first kappa shape index (κ1) is 17.2. The molecule has 0 radical (unpaired) electrons. The zero-order valence-electron chi connectivity index (χ0n) is 14.4. The number of carbonyl (C=O) groups excluding carboxylic acids is 1. The highest BCUT2D eigenvalue weighted by Gasteiger charge is 2.16. The Kier molecular flexibility index (Phi) is 5.80. The Labute approximate surface area is 148 Å². The zero-order valence-corrected chi connectivity index (χ0v) is 14.4. The van der Waals surface area contributed by atoms with Crippen LogP contribution in [-0.2, 0) is 4.74 Å². The molecule has 2 N–H and O–H groups in total. The summed E-state index contributed by atoms with van der Waals surface area (Å²) in [6, 6.07) is 17.1. The number of nitrogens with zero attached hydrogens (tertiary/aromatic N) is 1. The summed E-state index contributed by atoms with van der Waals surface area (Å²) < 4.78 is 5.61. The predicted molar refractivity (Wildman–Crippen MR) is 100.0 cm³/mol. The molecule has 0 unspecified atom stereocenters. The second-order valence-electron chi connectivity index (χ2n) is 6.14. The summed E-state index contributed by atoms with van der Waals surface area (Å²) in [6.45, 7) is 3.34. The van der Waals surface area contributed by atoms with Gasteiger partial charge in [0.25, 0.3) is 5.91 Å². The van der Waals surface area contributed by atoms with Gasteiger partial charge in [-0.15, -0.1) is 0 Å². The van der Waals surface area contributed by atoms with Crippen molar-refractivity contribution in [1.82, 2.24) is 5.32 Å². The monoisotopic (exact) mass is 337 g/mol. The van der Waals surface area contributed by atoms with Crippen LogP contribution in [0.15, 0.2) is 59.6 Å². The SMILES string of the molecule is Cc1cccc(NC(=NC[C@H]2CCCO2)NC(=O)c2ccccc2)c1. The van der Waals surface area contributed by atoms with E-state index in [1.165, 1.54) is 0 Å². The first-order valence-corrected chi connectivity index (χ1v) is 8.57. The van der Waals surface area contributed by atoms with E-state index in [9.17, 15) is 4.79 Å². The predicted octanol–water partition coefficient (Wildman–Crippen LogP) is 3.37. The molecule has 0 spiro atoms. The fraction of sp³-hybridized carbons (Fsp3) is 0.300. The number of hydrogen-bond acceptors (Lipinski definition) is 3. The first-order valence-electron chi connectivity index (χ1n) is 8.57. The molecule has 2 aromatic rings. The average Bonchev–Trinajstić information content (AvgIpc) is 3.14. The summed E-state index contributed by atoms with van der Waals surface area (Å²) in [5, 5.41) is 6.08. The van der Waals surface area contributed by atoms with E-state index in [2.05, 4.69) is 15.6 Å². The number of rotatable bonds is 4. The van der Waals surface area contributed by atoms with Gasteiger partial charge < -0.3 is 10.1 Å². The second-order valence-corrected chi connectivity index (χ2v) is 6.14. The number of amides is 1. The zero-order chi connectivity index (χ0) is 17.5. The molecular formula is C20H23N3O2. The van der Waals surface area contributed by atoms with Crippen molar-refractivity contribution in [2.24, 2.45) is 4.99 Å². The minimum Gasteiger partial charge on any atom is -0.376 e. The lowest BCUT2D eigenvalue weighted by molar-refractivity contribution is 0.0975. The van der Waals surface area contributed by atoms with Crippen LogP contribution in [0.25, 0.3) is 0 Å². The number of aryl methyl sites for hydroxylation is 1. The Morgan fingerprint density at radius 1 is 1.20 bits per heavy atom. The maximum Gasteiger partial charge on any atom is 0.257 e. The fourth-order valence-electron chi connectivity index (χ4n) is 2.72. The van der Waals surface area contributed by atoms with Gasteiger partial charge in [0.1, 0.15) is 0 Å². The lowest BCUT2D eigenvalue weighted by Crippen LogP contribution is -2.36. The molecule has 3 rings (SSSR count). The fourth-order valence-corrected chi connectivity index (χ4v) is 2.72. The van der Waals surface area contributed by atoms with E-state index in [1.54, 1.807) is 12.1 Å². The van der Waals surface area contributed by atoms with Gasteiger partial charge in [0.15, 0.2) is 0 Å². The van der Waals surface area contributed by atoms with Crippen LogP contribution in [0, 0.1) is 6.92 Å². The molecule has 0 bridgehead atoms. The van der Waals surface area contributed by atoms with Crippen molar-refractivity contribution < 1.29 is 9.53 Å². The molecule has 2 aromatic carbocycles. The number of ether oxygens (including phenoxy) is 1. The average molecular weight is 337 g/mol. The number of nitrogens with one attached hydrogen (secondary N) is 2. The highest BCUT2D eigenvalue weighted by Crippen LogP contribution is 2.13. The lowest BCUT2D eigenvalue weighted by atomic mass is 10.2. The molecule has 5 nitrogen and oxygen atoms in total. The van der Waals surface area contributed by atoms with Gasteiger partial charge in [-0.25, -0.2) is 4.99 Å². The van der Waals surface area contributed by atoms with Gasteiger partial charge in [0.2, 0.25) is 5.96 Å². The van der Waals surface area contributed by atoms with Crippen molar-refractivity contribution in [2.75, 3.05) is 18.5 Å². The van der Waals surface area contributed by atoms with Crippen molar-refractivity contribution in [1.29, 1.82) is 0 Å². The van der Waals surface area contributed by atoms with Crippen molar-refractivity contribution in [3.63, 3.8) is 0 Å². The molecule has 1 amide bonds. The molecule has 1 aliphatic rings. The largest absolute Gasteiger partial charge is 0.376 e. The number of carbonyl (C=O) groups is 1. The number of benzene rings is 2. The third kappa shape index (κ3) is 5.16. The maximum atomic E-state index is 12.4. The summed E-state index contributed by atoms with van der Waals surface area (Å²) in [6.07, 6.45) is 2.20. The maximum absolute atomic E-state index is 12.4. The summed E-state index contributed by atoms with van der Waals surface area (Å²) >= 11 is 0. The number of aliphatic imine (C=N–C) groups is 1. The highest BCUT2D eigenvalue weighted by molar-refractivity contribution is 6.09. The van der Waals surface area contributed by atoms with Gasteiger partial charge in [-0.2, -0.15) is 0 Å². The molecule has 1 fully saturated rings. The smallest absolute Gasteiger partial charge is 0.257 e. The van der Waals surface area contributed by atoms with Crippen molar-refractivity contribution in [2.45, 2.75) is 25.9 Å². The van der Waals surface area contributed by atoms with E-state index in [4.69, 9.17) is 4.74 Å². The number of hydrogen-bond donors (Lipinski definition) is 2. The number of anilines is 1. The summed E-state index contributed by atoms with van der Waals surface area (Å²) in [7, 11) is 0. The van der Waals surface area contributed by atoms with Gasteiger partial charge in [-0.05, 0) is 49.6 Å². The van der Waals surface area contributed by atoms with Crippen LogP contribution in [0.3, 0.4) is 0 Å². The topological polar surface area (TPSA) is 62.7 Å². The van der Waals surface area contributed by atoms with Crippen LogP contribution in [0.5, 0.6) is 0 Å². The summed E-state index contributed by atoms with van der Waals surface area (Å²) in [4.78, 5) is 17.0. The van der Waals surface area contributed by atoms with Crippen LogP contribution in [0.4, 0.5) is 5.69 Å². The summed E-state index contributed by atoms with van der Waals surface area (Å²) in [5.74, 6) is 0.252. The Morgan fingerprint density at radius 2 is 2.04 bits per heavy atom. The molecule has 5 heteroatoms. The van der Waals surface area contributed by atoms with E-state index in [-0.39, 0.29) is 12.0 Å². The van der Waals surface area contributed by atoms with Gasteiger partial charge in [0, 0.05) is 17.9 Å². The molecule has 0 aliphatic carbocycles. The molecule has 1 aliphatic heterocycles. The summed E-state index contributed by atoms with van der Waals surface area (Å²) in [5.41, 5.74) is 2.62. The normalized spacial score (nSPS) is 17.3. The minimum absolute atomic E-state index is 0.128. The van der Waals surface area contributed by atoms with E-state index in [0.29, 0.717) is 18.1 Å². The van der Waals surface area contributed by atoms with E-state index >= 15 is 0 Å². The van der Waals surface area contributed by atoms with E-state index < -0.39 is 0 Å². The van der Waals surface area contributed by atoms with Crippen LogP contribution in [-0.4, -0.2) is 31.1 Å². The van der Waals surface area contributed by atoms with Crippen LogP contribution in [0.2, 0.25) is 0 Å². The minimum atomic E-state index is -0.188. The molecule has 1 heterocycles. The molecule has 130 valence electrons. The molecular weight excluding hydrogens is 314 g/mol. The van der Waals surface area contributed by atoms with E-state index in [0.717, 1.165) is 30.7 Å². The van der Waals surface area contributed by atoms with Gasteiger partial charge in [-0.1, -0.05) is 30.3 Å². The van der Waals surface area contributed by atoms with Gasteiger partial charge >= 0.3 is 0 Å². The molecule has 25 heavy (non-hydrogen) atoms. The Balaban J connectivity index is 1.73. The van der Waals surface area contributed by atoms with E-state index in [1.807, 2.05) is 49.4 Å². The van der Waals surface area contributed by atoms with Crippen LogP contribution in [0.1, 0.15) is 28.8 Å².